The van der Waals surface area contributed by atoms with E-state index in [-0.39, 0.29) is 29.9 Å². The van der Waals surface area contributed by atoms with Gasteiger partial charge >= 0.3 is 0 Å². The Morgan fingerprint density at radius 1 is 1.19 bits per heavy atom. The Hall–Kier alpha value is -1.61. The number of carbonyl (C=O) groups excluding carboxylic acids is 1. The number of benzene rings is 1. The van der Waals surface area contributed by atoms with Gasteiger partial charge in [-0.2, -0.15) is 0 Å². The maximum absolute atomic E-state index is 11.9. The van der Waals surface area contributed by atoms with Crippen LogP contribution in [0.4, 0.5) is 0 Å². The fraction of sp³-hybridized carbons (Fsp3) is 0.368. The minimum atomic E-state index is 0. The number of aliphatic imine (C=N–C) groups is 1. The number of hydrogen-bond donors (Lipinski definition) is 2. The van der Waals surface area contributed by atoms with Crippen LogP contribution in [0.15, 0.2) is 46.8 Å². The molecule has 0 aliphatic carbocycles. The molecule has 1 atom stereocenters. The van der Waals surface area contributed by atoms with Gasteiger partial charge in [-0.3, -0.25) is 9.79 Å². The van der Waals surface area contributed by atoms with Gasteiger partial charge in [-0.05, 0) is 29.1 Å². The van der Waals surface area contributed by atoms with Crippen LogP contribution < -0.4 is 10.6 Å². The Kier molecular flexibility index (Phi) is 9.64. The van der Waals surface area contributed by atoms with Crippen LogP contribution in [0, 0.1) is 0 Å². The molecule has 1 amide bonds. The topological polar surface area (TPSA) is 56.7 Å². The first-order valence-electron chi connectivity index (χ1n) is 8.29. The van der Waals surface area contributed by atoms with Crippen molar-refractivity contribution in [3.63, 3.8) is 0 Å². The van der Waals surface area contributed by atoms with E-state index in [9.17, 15) is 4.79 Å². The third-order valence-corrected chi connectivity index (χ3v) is 5.00. The highest BCUT2D eigenvalue weighted by Crippen LogP contribution is 2.19. The lowest BCUT2D eigenvalue weighted by Crippen LogP contribution is -2.38. The molecule has 0 radical (unpaired) electrons. The number of guanidine groups is 1. The van der Waals surface area contributed by atoms with Crippen LogP contribution in [0.3, 0.4) is 0 Å². The molecule has 26 heavy (non-hydrogen) atoms. The summed E-state index contributed by atoms with van der Waals surface area (Å²) in [7, 11) is 5.28. The van der Waals surface area contributed by atoms with Gasteiger partial charge in [0.15, 0.2) is 5.96 Å². The number of thiophene rings is 1. The van der Waals surface area contributed by atoms with Gasteiger partial charge in [-0.25, -0.2) is 0 Å². The molecule has 7 heteroatoms. The predicted octanol–water partition coefficient (Wildman–Crippen LogP) is 3.54. The highest BCUT2D eigenvalue weighted by Gasteiger charge is 2.09. The molecular formula is C19H27IN4OS. The zero-order valence-electron chi connectivity index (χ0n) is 15.7. The second kappa shape index (κ2) is 11.2. The first-order valence-corrected chi connectivity index (χ1v) is 9.17. The summed E-state index contributed by atoms with van der Waals surface area (Å²) >= 11 is 1.77. The summed E-state index contributed by atoms with van der Waals surface area (Å²) < 4.78 is 0. The lowest BCUT2D eigenvalue weighted by Gasteiger charge is -2.15. The van der Waals surface area contributed by atoms with Gasteiger partial charge in [0, 0.05) is 50.6 Å². The standard InChI is InChI=1S/C19H26N4OS.HI/c1-14(17-6-5-11-25-17)12-21-19(20-2)22-13-15-7-9-16(10-8-15)18(24)23(3)4;/h5-11,14H,12-13H2,1-4H3,(H2,20,21,22);1H. The molecule has 2 rings (SSSR count). The van der Waals surface area contributed by atoms with E-state index in [0.717, 1.165) is 18.1 Å². The number of amides is 1. The van der Waals surface area contributed by atoms with Crippen molar-refractivity contribution in [3.8, 4) is 0 Å². The SMILES string of the molecule is CN=C(NCc1ccc(C(=O)N(C)C)cc1)NCC(C)c1cccs1.I. The van der Waals surface area contributed by atoms with Crippen LogP contribution in [0.2, 0.25) is 0 Å². The molecule has 0 fully saturated rings. The maximum Gasteiger partial charge on any atom is 0.253 e. The zero-order chi connectivity index (χ0) is 18.2. The number of halogens is 1. The molecule has 1 aromatic heterocycles. The van der Waals surface area contributed by atoms with Gasteiger partial charge in [0.05, 0.1) is 0 Å². The highest BCUT2D eigenvalue weighted by atomic mass is 127. The summed E-state index contributed by atoms with van der Waals surface area (Å²) in [5, 5.41) is 8.76. The van der Waals surface area contributed by atoms with Crippen LogP contribution in [0.1, 0.15) is 33.6 Å². The maximum atomic E-state index is 11.9. The summed E-state index contributed by atoms with van der Waals surface area (Å²) in [5.41, 5.74) is 1.80. The molecule has 142 valence electrons. The number of nitrogens with zero attached hydrogens (tertiary/aromatic N) is 2. The molecule has 0 aliphatic rings. The molecule has 1 unspecified atom stereocenters. The van der Waals surface area contributed by atoms with Gasteiger partial charge in [-0.1, -0.05) is 25.1 Å². The Labute approximate surface area is 176 Å². The molecule has 2 aromatic rings. The van der Waals surface area contributed by atoms with Crippen molar-refractivity contribution in [2.24, 2.45) is 4.99 Å². The van der Waals surface area contributed by atoms with Crippen molar-refractivity contribution in [2.75, 3.05) is 27.7 Å². The number of nitrogens with one attached hydrogen (secondary N) is 2. The van der Waals surface area contributed by atoms with Crippen molar-refractivity contribution in [3.05, 3.63) is 57.8 Å². The summed E-state index contributed by atoms with van der Waals surface area (Å²) in [6.45, 7) is 3.69. The smallest absolute Gasteiger partial charge is 0.253 e. The van der Waals surface area contributed by atoms with Crippen LogP contribution >= 0.6 is 35.3 Å². The minimum absolute atomic E-state index is 0. The summed E-state index contributed by atoms with van der Waals surface area (Å²) in [4.78, 5) is 19.1. The van der Waals surface area contributed by atoms with E-state index in [0.29, 0.717) is 18.0 Å². The third kappa shape index (κ3) is 6.60. The molecule has 1 aromatic carbocycles. The lowest BCUT2D eigenvalue weighted by molar-refractivity contribution is 0.0827. The number of rotatable bonds is 6. The molecule has 2 N–H and O–H groups in total. The van der Waals surface area contributed by atoms with Crippen LogP contribution in [0.5, 0.6) is 0 Å². The van der Waals surface area contributed by atoms with E-state index in [1.807, 2.05) is 24.3 Å². The molecule has 0 saturated carbocycles. The van der Waals surface area contributed by atoms with Crippen molar-refractivity contribution < 1.29 is 4.79 Å². The van der Waals surface area contributed by atoms with Gasteiger partial charge in [0.1, 0.15) is 0 Å². The Bertz CT molecular complexity index is 699. The summed E-state index contributed by atoms with van der Waals surface area (Å²) in [6.07, 6.45) is 0. The fourth-order valence-corrected chi connectivity index (χ4v) is 3.14. The van der Waals surface area contributed by atoms with E-state index in [1.54, 1.807) is 37.4 Å². The van der Waals surface area contributed by atoms with Crippen molar-refractivity contribution in [1.29, 1.82) is 0 Å². The molecule has 1 heterocycles. The Morgan fingerprint density at radius 3 is 2.42 bits per heavy atom. The van der Waals surface area contributed by atoms with Gasteiger partial charge < -0.3 is 15.5 Å². The van der Waals surface area contributed by atoms with Crippen molar-refractivity contribution in [1.82, 2.24) is 15.5 Å². The summed E-state index contributed by atoms with van der Waals surface area (Å²) in [5.74, 6) is 1.23. The lowest BCUT2D eigenvalue weighted by atomic mass is 10.1. The second-order valence-corrected chi connectivity index (χ2v) is 7.10. The molecule has 0 spiro atoms. The molecule has 5 nitrogen and oxygen atoms in total. The van der Waals surface area contributed by atoms with E-state index in [4.69, 9.17) is 0 Å². The molecular weight excluding hydrogens is 459 g/mol. The largest absolute Gasteiger partial charge is 0.356 e. The molecule has 0 bridgehead atoms. The molecule has 0 aliphatic heterocycles. The zero-order valence-corrected chi connectivity index (χ0v) is 18.8. The quantitative estimate of drug-likeness (QED) is 0.373. The first kappa shape index (κ1) is 22.4. The number of carbonyl (C=O) groups is 1. The number of hydrogen-bond acceptors (Lipinski definition) is 3. The second-order valence-electron chi connectivity index (χ2n) is 6.12. The van der Waals surface area contributed by atoms with Crippen molar-refractivity contribution >= 4 is 47.2 Å². The average molecular weight is 486 g/mol. The van der Waals surface area contributed by atoms with E-state index >= 15 is 0 Å². The van der Waals surface area contributed by atoms with E-state index < -0.39 is 0 Å². The van der Waals surface area contributed by atoms with Gasteiger partial charge in [0.2, 0.25) is 0 Å². The van der Waals surface area contributed by atoms with Crippen LogP contribution in [-0.4, -0.2) is 44.5 Å². The van der Waals surface area contributed by atoms with Crippen molar-refractivity contribution in [2.45, 2.75) is 19.4 Å². The minimum Gasteiger partial charge on any atom is -0.356 e. The average Bonchev–Trinajstić information content (AvgIpc) is 3.16. The molecule has 0 saturated heterocycles. The van der Waals surface area contributed by atoms with E-state index in [1.165, 1.54) is 4.88 Å². The Morgan fingerprint density at radius 2 is 1.88 bits per heavy atom. The normalized spacial score (nSPS) is 12.1. The van der Waals surface area contributed by atoms with Gasteiger partial charge in [0.25, 0.3) is 5.91 Å². The van der Waals surface area contributed by atoms with Gasteiger partial charge in [-0.15, -0.1) is 35.3 Å². The fourth-order valence-electron chi connectivity index (χ4n) is 2.35. The highest BCUT2D eigenvalue weighted by molar-refractivity contribution is 14.0. The van der Waals surface area contributed by atoms with Crippen LogP contribution in [0.25, 0.3) is 0 Å². The van der Waals surface area contributed by atoms with E-state index in [2.05, 4.69) is 40.1 Å². The third-order valence-electron chi connectivity index (χ3n) is 3.90. The van der Waals surface area contributed by atoms with Crippen LogP contribution in [-0.2, 0) is 6.54 Å². The monoisotopic (exact) mass is 486 g/mol. The predicted molar refractivity (Wildman–Crippen MR) is 121 cm³/mol. The summed E-state index contributed by atoms with van der Waals surface area (Å²) in [6, 6.07) is 11.9. The first-order chi connectivity index (χ1) is 12.0. The Balaban J connectivity index is 0.00000338.